The molecular formula is C9H11FNOPS. The van der Waals surface area contributed by atoms with Crippen molar-refractivity contribution in [3.63, 3.8) is 0 Å². The Labute approximate surface area is 89.0 Å². The van der Waals surface area contributed by atoms with Gasteiger partial charge in [0.1, 0.15) is 11.2 Å². The van der Waals surface area contributed by atoms with Crippen molar-refractivity contribution in [2.24, 2.45) is 0 Å². The van der Waals surface area contributed by atoms with Gasteiger partial charge >= 0.3 is 0 Å². The van der Waals surface area contributed by atoms with Gasteiger partial charge in [-0.2, -0.15) is 5.26 Å². The first kappa shape index (κ1) is 13.4. The van der Waals surface area contributed by atoms with E-state index >= 15 is 0 Å². The Hall–Kier alpha value is -0.620. The van der Waals surface area contributed by atoms with Gasteiger partial charge in [-0.1, -0.05) is 12.1 Å². The first-order valence-corrected chi connectivity index (χ1v) is 5.48. The molecule has 0 aromatic heterocycles. The average Bonchev–Trinajstić information content (AvgIpc) is 2.16. The molecule has 0 heterocycles. The van der Waals surface area contributed by atoms with E-state index in [2.05, 4.69) is 9.24 Å². The second-order valence-electron chi connectivity index (χ2n) is 2.49. The third-order valence-corrected chi connectivity index (χ3v) is 3.32. The largest absolute Gasteiger partial charge is 0.412 e. The Bertz CT molecular complexity index is 312. The summed E-state index contributed by atoms with van der Waals surface area (Å²) >= 11 is 1.20. The molecule has 1 aromatic rings. The van der Waals surface area contributed by atoms with E-state index in [9.17, 15) is 4.39 Å². The van der Waals surface area contributed by atoms with Gasteiger partial charge in [-0.3, -0.25) is 0 Å². The van der Waals surface area contributed by atoms with E-state index < -0.39 is 0 Å². The molecule has 2 nitrogen and oxygen atoms in total. The van der Waals surface area contributed by atoms with Crippen LogP contribution in [-0.4, -0.2) is 11.6 Å². The fourth-order valence-corrected chi connectivity index (χ4v) is 2.07. The molecule has 14 heavy (non-hydrogen) atoms. The van der Waals surface area contributed by atoms with Crippen molar-refractivity contribution in [1.82, 2.24) is 0 Å². The summed E-state index contributed by atoms with van der Waals surface area (Å²) in [7, 11) is 2.59. The number of rotatable bonds is 3. The highest BCUT2D eigenvalue weighted by Crippen LogP contribution is 2.29. The summed E-state index contributed by atoms with van der Waals surface area (Å²) in [5, 5.41) is 10.7. The molecule has 5 heteroatoms. The molecule has 0 radical (unpaired) electrons. The Morgan fingerprint density at radius 2 is 2.00 bits per heavy atom. The molecule has 0 fully saturated rings. The van der Waals surface area contributed by atoms with Crippen molar-refractivity contribution in [2.45, 2.75) is 5.25 Å². The van der Waals surface area contributed by atoms with Gasteiger partial charge in [0.2, 0.25) is 0 Å². The lowest BCUT2D eigenvalue weighted by Crippen LogP contribution is -1.93. The van der Waals surface area contributed by atoms with Crippen LogP contribution in [0.3, 0.4) is 0 Å². The van der Waals surface area contributed by atoms with Crippen molar-refractivity contribution >= 4 is 21.0 Å². The molecule has 1 aromatic carbocycles. The summed E-state index contributed by atoms with van der Waals surface area (Å²) in [6.45, 7) is 0. The van der Waals surface area contributed by atoms with Gasteiger partial charge in [0.05, 0.1) is 0 Å². The van der Waals surface area contributed by atoms with Crippen molar-refractivity contribution in [1.29, 1.82) is 5.26 Å². The van der Waals surface area contributed by atoms with Crippen LogP contribution in [0, 0.1) is 16.5 Å². The number of halogens is 1. The minimum atomic E-state index is -0.242. The Balaban J connectivity index is 0.00000169. The number of nitriles is 1. The minimum Gasteiger partial charge on any atom is -0.412 e. The molecule has 2 atom stereocenters. The first-order chi connectivity index (χ1) is 6.27. The highest BCUT2D eigenvalue weighted by Gasteiger charge is 2.09. The summed E-state index contributed by atoms with van der Waals surface area (Å²) < 4.78 is 12.6. The van der Waals surface area contributed by atoms with E-state index in [0.29, 0.717) is 0 Å². The van der Waals surface area contributed by atoms with E-state index in [1.54, 1.807) is 12.1 Å². The zero-order valence-electron chi connectivity index (χ0n) is 7.40. The van der Waals surface area contributed by atoms with Gasteiger partial charge < -0.3 is 5.48 Å². The molecule has 0 aliphatic carbocycles. The van der Waals surface area contributed by atoms with E-state index in [0.717, 1.165) is 11.7 Å². The summed E-state index contributed by atoms with van der Waals surface area (Å²) in [6, 6.07) is 6.27. The molecule has 0 bridgehead atoms. The van der Waals surface area contributed by atoms with Crippen LogP contribution < -0.4 is 0 Å². The lowest BCUT2D eigenvalue weighted by Gasteiger charge is -2.09. The fraction of sp³-hybridized carbons (Fsp3) is 0.222. The maximum absolute atomic E-state index is 12.6. The van der Waals surface area contributed by atoms with Crippen LogP contribution in [0.1, 0.15) is 10.8 Å². The maximum atomic E-state index is 12.6. The van der Waals surface area contributed by atoms with Crippen molar-refractivity contribution < 1.29 is 9.87 Å². The van der Waals surface area contributed by atoms with Crippen molar-refractivity contribution in [3.05, 3.63) is 35.6 Å². The van der Waals surface area contributed by atoms with E-state index in [4.69, 9.17) is 5.26 Å². The molecule has 0 aliphatic rings. The van der Waals surface area contributed by atoms with Gasteiger partial charge in [-0.05, 0) is 35.6 Å². The van der Waals surface area contributed by atoms with Crippen LogP contribution >= 0.6 is 21.0 Å². The smallest absolute Gasteiger partial charge is 0.133 e. The van der Waals surface area contributed by atoms with E-state index in [-0.39, 0.29) is 16.5 Å². The Kier molecular flexibility index (Phi) is 6.48. The summed E-state index contributed by atoms with van der Waals surface area (Å²) in [6.07, 6.45) is 0.795. The van der Waals surface area contributed by atoms with Crippen molar-refractivity contribution in [2.75, 3.05) is 6.16 Å². The van der Waals surface area contributed by atoms with Gasteiger partial charge in [-0.15, -0.1) is 9.24 Å². The summed E-state index contributed by atoms with van der Waals surface area (Å²) in [4.78, 5) is 0. The molecule has 0 saturated carbocycles. The molecule has 0 saturated heterocycles. The number of thiocyanates is 1. The van der Waals surface area contributed by atoms with Crippen molar-refractivity contribution in [3.8, 4) is 5.40 Å². The second kappa shape index (κ2) is 6.78. The molecular weight excluding hydrogens is 220 g/mol. The highest BCUT2D eigenvalue weighted by atomic mass is 32.2. The SMILES string of the molecule is N#CSC(CP)c1ccc(F)cc1.O. The highest BCUT2D eigenvalue weighted by molar-refractivity contribution is 8.04. The number of benzene rings is 1. The topological polar surface area (TPSA) is 55.3 Å². The minimum absolute atomic E-state index is 0. The third kappa shape index (κ3) is 3.63. The monoisotopic (exact) mass is 231 g/mol. The van der Waals surface area contributed by atoms with E-state index in [1.165, 1.54) is 23.9 Å². The molecule has 2 unspecified atom stereocenters. The van der Waals surface area contributed by atoms with Crippen LogP contribution in [0.25, 0.3) is 0 Å². The number of nitrogens with zero attached hydrogens (tertiary/aromatic N) is 1. The van der Waals surface area contributed by atoms with Crippen LogP contribution in [0.2, 0.25) is 0 Å². The van der Waals surface area contributed by atoms with Crippen LogP contribution in [-0.2, 0) is 0 Å². The Morgan fingerprint density at radius 3 is 2.43 bits per heavy atom. The lowest BCUT2D eigenvalue weighted by molar-refractivity contribution is 0.627. The van der Waals surface area contributed by atoms with Gasteiger partial charge in [0.15, 0.2) is 0 Å². The predicted octanol–water partition coefficient (Wildman–Crippen LogP) is 2.13. The zero-order valence-corrected chi connectivity index (χ0v) is 9.38. The average molecular weight is 231 g/mol. The van der Waals surface area contributed by atoms with Crippen LogP contribution in [0.15, 0.2) is 24.3 Å². The quantitative estimate of drug-likeness (QED) is 0.591. The molecule has 2 N–H and O–H groups in total. The molecule has 76 valence electrons. The Morgan fingerprint density at radius 1 is 1.43 bits per heavy atom. The predicted molar refractivity (Wildman–Crippen MR) is 60.5 cm³/mol. The zero-order chi connectivity index (χ0) is 9.68. The maximum Gasteiger partial charge on any atom is 0.133 e. The number of thioether (sulfide) groups is 1. The molecule has 0 aliphatic heterocycles. The number of hydrogen-bond acceptors (Lipinski definition) is 2. The summed E-state index contributed by atoms with van der Waals surface area (Å²) in [5.41, 5.74) is 0.989. The number of hydrogen-bond donors (Lipinski definition) is 0. The van der Waals surface area contributed by atoms with Gasteiger partial charge in [0.25, 0.3) is 0 Å². The lowest BCUT2D eigenvalue weighted by atomic mass is 10.2. The molecule has 1 rings (SSSR count). The van der Waals surface area contributed by atoms with Crippen LogP contribution in [0.5, 0.6) is 0 Å². The van der Waals surface area contributed by atoms with Gasteiger partial charge in [0, 0.05) is 5.25 Å². The normalized spacial score (nSPS) is 11.2. The molecule has 0 amide bonds. The standard InChI is InChI=1S/C9H9FNPS.H2O/c10-8-3-1-7(2-4-8)9(5-12)13-6-11;/h1-4,9H,5,12H2;1H2. The van der Waals surface area contributed by atoms with E-state index in [1.807, 2.05) is 5.40 Å². The molecule has 0 spiro atoms. The van der Waals surface area contributed by atoms with Crippen LogP contribution in [0.4, 0.5) is 4.39 Å². The second-order valence-corrected chi connectivity index (χ2v) is 3.94. The third-order valence-electron chi connectivity index (χ3n) is 1.65. The summed E-state index contributed by atoms with van der Waals surface area (Å²) in [5.74, 6) is -0.242. The fourth-order valence-electron chi connectivity index (χ4n) is 0.993. The first-order valence-electron chi connectivity index (χ1n) is 3.78. The van der Waals surface area contributed by atoms with Gasteiger partial charge in [-0.25, -0.2) is 4.39 Å².